The van der Waals surface area contributed by atoms with Crippen molar-refractivity contribution in [2.45, 2.75) is 18.2 Å². The number of anilines is 1. The normalized spacial score (nSPS) is 11.7. The molecule has 2 rings (SSSR count). The third-order valence-electron chi connectivity index (χ3n) is 4.14. The average molecular weight is 448 g/mol. The molecule has 0 aliphatic rings. The number of benzene rings is 1. The minimum Gasteiger partial charge on any atom is -0.322 e. The Bertz CT molecular complexity index is 1210. The highest BCUT2D eigenvalue weighted by Gasteiger charge is 2.30. The van der Waals surface area contributed by atoms with Crippen LogP contribution in [0, 0.1) is 17.5 Å². The van der Waals surface area contributed by atoms with Gasteiger partial charge in [0, 0.05) is 26.8 Å². The molecule has 0 saturated heterocycles. The van der Waals surface area contributed by atoms with Crippen molar-refractivity contribution in [1.82, 2.24) is 13.4 Å². The van der Waals surface area contributed by atoms with E-state index in [1.165, 1.54) is 7.05 Å². The van der Waals surface area contributed by atoms with Crippen LogP contribution in [0.5, 0.6) is 0 Å². The predicted octanol–water partition coefficient (Wildman–Crippen LogP) is 0.541. The Hall–Kier alpha value is -2.93. The molecule has 9 nitrogen and oxygen atoms in total. The van der Waals surface area contributed by atoms with E-state index in [-0.39, 0.29) is 13.0 Å². The lowest BCUT2D eigenvalue weighted by Gasteiger charge is -2.21. The molecular formula is C17H19F3N4O5S. The van der Waals surface area contributed by atoms with Gasteiger partial charge in [-0.25, -0.2) is 26.4 Å². The van der Waals surface area contributed by atoms with Gasteiger partial charge in [-0.05, 0) is 18.6 Å². The lowest BCUT2D eigenvalue weighted by Crippen LogP contribution is -2.44. The molecule has 1 amide bonds. The van der Waals surface area contributed by atoms with Crippen LogP contribution in [0.15, 0.2) is 32.8 Å². The second kappa shape index (κ2) is 8.83. The third kappa shape index (κ3) is 4.46. The SMILES string of the molecule is CCCN(CC(=O)Nc1ccc(F)c(F)c1F)S(=O)(=O)c1cn(C)c(=O)n(C)c1=O. The lowest BCUT2D eigenvalue weighted by molar-refractivity contribution is -0.116. The zero-order valence-electron chi connectivity index (χ0n) is 16.3. The molecule has 30 heavy (non-hydrogen) atoms. The van der Waals surface area contributed by atoms with Gasteiger partial charge in [0.1, 0.15) is 0 Å². The number of amides is 1. The average Bonchev–Trinajstić information content (AvgIpc) is 2.69. The first-order chi connectivity index (χ1) is 13.9. The summed E-state index contributed by atoms with van der Waals surface area (Å²) in [6, 6.07) is 1.38. The molecule has 0 fully saturated rings. The van der Waals surface area contributed by atoms with E-state index in [0.29, 0.717) is 14.9 Å². The van der Waals surface area contributed by atoms with Crippen LogP contribution in [0.1, 0.15) is 13.3 Å². The van der Waals surface area contributed by atoms with Crippen LogP contribution < -0.4 is 16.6 Å². The Morgan fingerprint density at radius 1 is 1.13 bits per heavy atom. The van der Waals surface area contributed by atoms with Gasteiger partial charge in [0.2, 0.25) is 5.91 Å². The van der Waals surface area contributed by atoms with Gasteiger partial charge in [0.25, 0.3) is 15.6 Å². The number of hydrogen-bond acceptors (Lipinski definition) is 5. The molecule has 0 unspecified atom stereocenters. The van der Waals surface area contributed by atoms with E-state index in [1.54, 1.807) is 6.92 Å². The zero-order valence-corrected chi connectivity index (χ0v) is 17.1. The number of carbonyl (C=O) groups excluding carboxylic acids is 1. The number of sulfonamides is 1. The van der Waals surface area contributed by atoms with Crippen LogP contribution >= 0.6 is 0 Å². The number of halogens is 3. The number of nitrogens with zero attached hydrogens (tertiary/aromatic N) is 3. The fourth-order valence-electron chi connectivity index (χ4n) is 2.60. The second-order valence-corrected chi connectivity index (χ2v) is 8.27. The maximum Gasteiger partial charge on any atom is 0.330 e. The Kier molecular flexibility index (Phi) is 6.87. The molecule has 1 N–H and O–H groups in total. The summed E-state index contributed by atoms with van der Waals surface area (Å²) in [5.41, 5.74) is -2.50. The van der Waals surface area contributed by atoms with Crippen molar-refractivity contribution in [1.29, 1.82) is 0 Å². The molecule has 0 aliphatic heterocycles. The largest absolute Gasteiger partial charge is 0.330 e. The number of aromatic nitrogens is 2. The summed E-state index contributed by atoms with van der Waals surface area (Å²) in [6.45, 7) is 0.608. The van der Waals surface area contributed by atoms with Gasteiger partial charge >= 0.3 is 5.69 Å². The first-order valence-corrected chi connectivity index (χ1v) is 10.1. The fourth-order valence-corrected chi connectivity index (χ4v) is 4.23. The van der Waals surface area contributed by atoms with Crippen LogP contribution in [0.4, 0.5) is 18.9 Å². The van der Waals surface area contributed by atoms with E-state index in [9.17, 15) is 36.0 Å². The highest BCUT2D eigenvalue weighted by molar-refractivity contribution is 7.89. The monoisotopic (exact) mass is 448 g/mol. The van der Waals surface area contributed by atoms with Crippen molar-refractivity contribution in [3.63, 3.8) is 0 Å². The number of nitrogens with one attached hydrogen (secondary N) is 1. The van der Waals surface area contributed by atoms with Crippen molar-refractivity contribution in [3.8, 4) is 0 Å². The molecule has 1 aromatic heterocycles. The number of hydrogen-bond donors (Lipinski definition) is 1. The molecule has 1 heterocycles. The van der Waals surface area contributed by atoms with Gasteiger partial charge < -0.3 is 9.88 Å². The van der Waals surface area contributed by atoms with Gasteiger partial charge in [0.05, 0.1) is 12.2 Å². The molecule has 2 aromatic rings. The quantitative estimate of drug-likeness (QED) is 0.622. The van der Waals surface area contributed by atoms with E-state index < -0.39 is 61.8 Å². The molecule has 1 aromatic carbocycles. The molecule has 0 spiro atoms. The van der Waals surface area contributed by atoms with E-state index in [4.69, 9.17) is 0 Å². The van der Waals surface area contributed by atoms with Gasteiger partial charge in [-0.3, -0.25) is 14.2 Å². The van der Waals surface area contributed by atoms with Gasteiger partial charge in [-0.15, -0.1) is 0 Å². The first-order valence-electron chi connectivity index (χ1n) is 8.62. The molecular weight excluding hydrogens is 429 g/mol. The summed E-state index contributed by atoms with van der Waals surface area (Å²) in [4.78, 5) is 35.6. The van der Waals surface area contributed by atoms with E-state index in [2.05, 4.69) is 0 Å². The summed E-state index contributed by atoms with van der Waals surface area (Å²) in [5.74, 6) is -5.93. The summed E-state index contributed by atoms with van der Waals surface area (Å²) in [5, 5.41) is 1.97. The van der Waals surface area contributed by atoms with Crippen LogP contribution in [0.25, 0.3) is 0 Å². The Balaban J connectivity index is 2.38. The van der Waals surface area contributed by atoms with E-state index >= 15 is 0 Å². The Labute approximate surface area is 169 Å². The molecule has 0 saturated carbocycles. The highest BCUT2D eigenvalue weighted by Crippen LogP contribution is 2.20. The minimum absolute atomic E-state index is 0.179. The van der Waals surface area contributed by atoms with Crippen molar-refractivity contribution < 1.29 is 26.4 Å². The Morgan fingerprint density at radius 3 is 2.37 bits per heavy atom. The summed E-state index contributed by atoms with van der Waals surface area (Å²) in [6.07, 6.45) is 1.10. The molecule has 0 atom stereocenters. The summed E-state index contributed by atoms with van der Waals surface area (Å²) >= 11 is 0. The Morgan fingerprint density at radius 2 is 1.77 bits per heavy atom. The van der Waals surface area contributed by atoms with Gasteiger partial charge in [-0.1, -0.05) is 6.92 Å². The van der Waals surface area contributed by atoms with Crippen LogP contribution in [0.2, 0.25) is 0 Å². The van der Waals surface area contributed by atoms with Gasteiger partial charge in [0.15, 0.2) is 22.3 Å². The zero-order chi connectivity index (χ0) is 22.8. The number of rotatable bonds is 7. The van der Waals surface area contributed by atoms with Crippen LogP contribution in [0.3, 0.4) is 0 Å². The topological polar surface area (TPSA) is 110 Å². The fraction of sp³-hybridized carbons (Fsp3) is 0.353. The lowest BCUT2D eigenvalue weighted by atomic mass is 10.2. The molecule has 164 valence electrons. The van der Waals surface area contributed by atoms with Crippen LogP contribution in [-0.2, 0) is 28.9 Å². The standard InChI is InChI=1S/C17H19F3N4O5S/c1-4-7-24(9-13(25)21-11-6-5-10(18)14(19)15(11)20)30(28,29)12-8-22(2)17(27)23(3)16(12)26/h5-6,8H,4,7,9H2,1-3H3,(H,21,25). The van der Waals surface area contributed by atoms with Crippen molar-refractivity contribution in [3.05, 3.63) is 56.6 Å². The number of carbonyl (C=O) groups is 1. The maximum absolute atomic E-state index is 13.7. The molecule has 13 heteroatoms. The third-order valence-corrected chi connectivity index (χ3v) is 5.96. The van der Waals surface area contributed by atoms with Crippen molar-refractivity contribution in [2.24, 2.45) is 14.1 Å². The molecule has 0 aliphatic carbocycles. The minimum atomic E-state index is -4.52. The van der Waals surface area contributed by atoms with Crippen LogP contribution in [-0.4, -0.2) is 40.9 Å². The maximum atomic E-state index is 13.7. The van der Waals surface area contributed by atoms with Gasteiger partial charge in [-0.2, -0.15) is 4.31 Å². The number of aryl methyl sites for hydroxylation is 1. The van der Waals surface area contributed by atoms with E-state index in [1.807, 2.05) is 5.32 Å². The van der Waals surface area contributed by atoms with Crippen molar-refractivity contribution in [2.75, 3.05) is 18.4 Å². The first kappa shape index (κ1) is 23.3. The molecule has 0 radical (unpaired) electrons. The summed E-state index contributed by atoms with van der Waals surface area (Å²) in [7, 11) is -2.16. The second-order valence-electron chi connectivity index (χ2n) is 6.36. The van der Waals surface area contributed by atoms with Crippen molar-refractivity contribution >= 4 is 21.6 Å². The summed E-state index contributed by atoms with van der Waals surface area (Å²) < 4.78 is 68.1. The smallest absolute Gasteiger partial charge is 0.322 e. The predicted molar refractivity (Wildman–Crippen MR) is 101 cm³/mol. The molecule has 0 bridgehead atoms. The van der Waals surface area contributed by atoms with E-state index in [0.717, 1.165) is 23.9 Å². The highest BCUT2D eigenvalue weighted by atomic mass is 32.2.